The zero-order chi connectivity index (χ0) is 17.1. The largest absolute Gasteiger partial charge is 0.356 e. The number of unbranched alkanes of at least 4 members (excludes halogenated alkanes) is 3. The summed E-state index contributed by atoms with van der Waals surface area (Å²) in [6.45, 7) is 4.40. The summed E-state index contributed by atoms with van der Waals surface area (Å²) in [5, 5.41) is 2.63. The van der Waals surface area contributed by atoms with Crippen LogP contribution in [-0.2, 0) is 21.2 Å². The minimum atomic E-state index is -3.47. The molecule has 0 atom stereocenters. The Morgan fingerprint density at radius 3 is 2.30 bits per heavy atom. The molecular formula is C17H28N2O3S. The molecule has 0 spiro atoms. The standard InChI is InChI=1S/C17H28N2O3S/c1-3-4-5-6-8-16-9-11-17(12-10-16)23(21,22)19-14-7-13-18-15(2)20/h9-12,19H,3-8,13-14H2,1-2H3,(H,18,20). The molecule has 1 amide bonds. The molecule has 5 nitrogen and oxygen atoms in total. The Balaban J connectivity index is 2.42. The summed E-state index contributed by atoms with van der Waals surface area (Å²) in [6, 6.07) is 7.09. The lowest BCUT2D eigenvalue weighted by atomic mass is 10.1. The molecule has 23 heavy (non-hydrogen) atoms. The number of hydrogen-bond donors (Lipinski definition) is 2. The van der Waals surface area contributed by atoms with Gasteiger partial charge in [-0.3, -0.25) is 4.79 Å². The van der Waals surface area contributed by atoms with Gasteiger partial charge in [-0.1, -0.05) is 38.3 Å². The third kappa shape index (κ3) is 8.13. The van der Waals surface area contributed by atoms with Crippen LogP contribution in [0.1, 0.15) is 51.5 Å². The van der Waals surface area contributed by atoms with E-state index in [1.165, 1.54) is 31.7 Å². The van der Waals surface area contributed by atoms with Crippen LogP contribution >= 0.6 is 0 Å². The highest BCUT2D eigenvalue weighted by Crippen LogP contribution is 2.13. The van der Waals surface area contributed by atoms with Crippen LogP contribution in [0.25, 0.3) is 0 Å². The van der Waals surface area contributed by atoms with E-state index in [0.29, 0.717) is 19.5 Å². The Kier molecular flexibility index (Phi) is 8.87. The molecule has 0 saturated heterocycles. The molecule has 0 radical (unpaired) electrons. The zero-order valence-corrected chi connectivity index (χ0v) is 14.9. The highest BCUT2D eigenvalue weighted by Gasteiger charge is 2.12. The van der Waals surface area contributed by atoms with Gasteiger partial charge in [-0.2, -0.15) is 0 Å². The summed E-state index contributed by atoms with van der Waals surface area (Å²) in [4.78, 5) is 11.0. The van der Waals surface area contributed by atoms with Crippen molar-refractivity contribution in [1.29, 1.82) is 0 Å². The number of amides is 1. The van der Waals surface area contributed by atoms with Crippen LogP contribution in [-0.4, -0.2) is 27.4 Å². The van der Waals surface area contributed by atoms with Crippen molar-refractivity contribution in [1.82, 2.24) is 10.0 Å². The topological polar surface area (TPSA) is 75.3 Å². The second-order valence-corrected chi connectivity index (χ2v) is 7.46. The maximum atomic E-state index is 12.1. The number of carbonyl (C=O) groups excluding carboxylic acids is 1. The molecule has 0 unspecified atom stereocenters. The first-order chi connectivity index (χ1) is 11.0. The summed E-state index contributed by atoms with van der Waals surface area (Å²) in [6.07, 6.45) is 6.37. The van der Waals surface area contributed by atoms with Crippen molar-refractivity contribution >= 4 is 15.9 Å². The predicted octanol–water partition coefficient (Wildman–Crippen LogP) is 2.61. The molecule has 0 aliphatic rings. The van der Waals surface area contributed by atoms with E-state index >= 15 is 0 Å². The van der Waals surface area contributed by atoms with Gasteiger partial charge < -0.3 is 5.32 Å². The van der Waals surface area contributed by atoms with Gasteiger partial charge in [0, 0.05) is 20.0 Å². The number of benzene rings is 1. The number of rotatable bonds is 11. The molecule has 0 aliphatic carbocycles. The molecule has 0 aliphatic heterocycles. The maximum absolute atomic E-state index is 12.1. The number of nitrogens with one attached hydrogen (secondary N) is 2. The van der Waals surface area contributed by atoms with Gasteiger partial charge in [-0.15, -0.1) is 0 Å². The van der Waals surface area contributed by atoms with Crippen molar-refractivity contribution in [3.63, 3.8) is 0 Å². The van der Waals surface area contributed by atoms with Gasteiger partial charge in [0.1, 0.15) is 0 Å². The Morgan fingerprint density at radius 1 is 1.00 bits per heavy atom. The predicted molar refractivity (Wildman–Crippen MR) is 92.8 cm³/mol. The summed E-state index contributed by atoms with van der Waals surface area (Å²) in [5.74, 6) is -0.109. The molecule has 1 rings (SSSR count). The first kappa shape index (κ1) is 19.6. The quantitative estimate of drug-likeness (QED) is 0.608. The molecule has 0 heterocycles. The van der Waals surface area contributed by atoms with Crippen LogP contribution < -0.4 is 10.0 Å². The van der Waals surface area contributed by atoms with Gasteiger partial charge in [0.15, 0.2) is 0 Å². The highest BCUT2D eigenvalue weighted by molar-refractivity contribution is 7.89. The minimum absolute atomic E-state index is 0.109. The fourth-order valence-corrected chi connectivity index (χ4v) is 3.31. The van der Waals surface area contributed by atoms with Crippen LogP contribution in [0.2, 0.25) is 0 Å². The minimum Gasteiger partial charge on any atom is -0.356 e. The Hall–Kier alpha value is -1.40. The van der Waals surface area contributed by atoms with Gasteiger partial charge in [0.25, 0.3) is 0 Å². The molecule has 6 heteroatoms. The summed E-state index contributed by atoms with van der Waals surface area (Å²) in [7, 11) is -3.47. The third-order valence-electron chi connectivity index (χ3n) is 3.57. The lowest BCUT2D eigenvalue weighted by Gasteiger charge is -2.08. The first-order valence-electron chi connectivity index (χ1n) is 8.28. The highest BCUT2D eigenvalue weighted by atomic mass is 32.2. The molecule has 0 fully saturated rings. The molecule has 1 aromatic rings. The number of hydrogen-bond acceptors (Lipinski definition) is 3. The van der Waals surface area contributed by atoms with Crippen molar-refractivity contribution in [2.75, 3.05) is 13.1 Å². The second-order valence-electron chi connectivity index (χ2n) is 5.69. The van der Waals surface area contributed by atoms with Gasteiger partial charge in [0.05, 0.1) is 4.90 Å². The Labute approximate surface area is 139 Å². The molecule has 0 bridgehead atoms. The zero-order valence-electron chi connectivity index (χ0n) is 14.1. The van der Waals surface area contributed by atoms with E-state index in [4.69, 9.17) is 0 Å². The monoisotopic (exact) mass is 340 g/mol. The lowest BCUT2D eigenvalue weighted by Crippen LogP contribution is -2.28. The number of carbonyl (C=O) groups is 1. The second kappa shape index (κ2) is 10.4. The van der Waals surface area contributed by atoms with Crippen molar-refractivity contribution in [2.24, 2.45) is 0 Å². The van der Waals surface area contributed by atoms with Gasteiger partial charge in [-0.05, 0) is 37.0 Å². The lowest BCUT2D eigenvalue weighted by molar-refractivity contribution is -0.118. The van der Waals surface area contributed by atoms with E-state index in [1.54, 1.807) is 12.1 Å². The number of aryl methyl sites for hydroxylation is 1. The first-order valence-corrected chi connectivity index (χ1v) is 9.77. The van der Waals surface area contributed by atoms with Gasteiger partial charge >= 0.3 is 0 Å². The molecule has 130 valence electrons. The van der Waals surface area contributed by atoms with E-state index in [0.717, 1.165) is 12.8 Å². The normalized spacial score (nSPS) is 11.4. The summed E-state index contributed by atoms with van der Waals surface area (Å²) < 4.78 is 26.8. The fourth-order valence-electron chi connectivity index (χ4n) is 2.23. The van der Waals surface area contributed by atoms with E-state index < -0.39 is 10.0 Å². The van der Waals surface area contributed by atoms with Gasteiger partial charge in [-0.25, -0.2) is 13.1 Å². The van der Waals surface area contributed by atoms with Crippen LogP contribution in [0.4, 0.5) is 0 Å². The van der Waals surface area contributed by atoms with Crippen molar-refractivity contribution in [2.45, 2.75) is 57.3 Å². The molecule has 0 saturated carbocycles. The van der Waals surface area contributed by atoms with E-state index in [9.17, 15) is 13.2 Å². The average molecular weight is 340 g/mol. The molecule has 0 aromatic heterocycles. The Bertz CT molecular complexity index is 568. The smallest absolute Gasteiger partial charge is 0.240 e. The van der Waals surface area contributed by atoms with Crippen LogP contribution in [0.5, 0.6) is 0 Å². The summed E-state index contributed by atoms with van der Waals surface area (Å²) >= 11 is 0. The molecule has 1 aromatic carbocycles. The van der Waals surface area contributed by atoms with Crippen molar-refractivity contribution in [3.05, 3.63) is 29.8 Å². The van der Waals surface area contributed by atoms with Crippen LogP contribution in [0, 0.1) is 0 Å². The van der Waals surface area contributed by atoms with E-state index in [2.05, 4.69) is 17.0 Å². The molecule has 2 N–H and O–H groups in total. The van der Waals surface area contributed by atoms with E-state index in [1.807, 2.05) is 12.1 Å². The van der Waals surface area contributed by atoms with Crippen molar-refractivity contribution in [3.8, 4) is 0 Å². The maximum Gasteiger partial charge on any atom is 0.240 e. The average Bonchev–Trinajstić information content (AvgIpc) is 2.51. The van der Waals surface area contributed by atoms with Crippen LogP contribution in [0.3, 0.4) is 0 Å². The number of sulfonamides is 1. The fraction of sp³-hybridized carbons (Fsp3) is 0.588. The third-order valence-corrected chi connectivity index (χ3v) is 5.05. The van der Waals surface area contributed by atoms with Crippen molar-refractivity contribution < 1.29 is 13.2 Å². The van der Waals surface area contributed by atoms with Gasteiger partial charge in [0.2, 0.25) is 15.9 Å². The Morgan fingerprint density at radius 2 is 1.70 bits per heavy atom. The molecular weight excluding hydrogens is 312 g/mol. The SMILES string of the molecule is CCCCCCc1ccc(S(=O)(=O)NCCCNC(C)=O)cc1. The van der Waals surface area contributed by atoms with E-state index in [-0.39, 0.29) is 10.8 Å². The summed E-state index contributed by atoms with van der Waals surface area (Å²) in [5.41, 5.74) is 1.17. The van der Waals surface area contributed by atoms with Crippen LogP contribution in [0.15, 0.2) is 29.2 Å².